The fourth-order valence-electron chi connectivity index (χ4n) is 1.62. The molecule has 0 amide bonds. The van der Waals surface area contributed by atoms with Crippen LogP contribution in [-0.2, 0) is 0 Å². The van der Waals surface area contributed by atoms with Gasteiger partial charge in [0.25, 0.3) is 0 Å². The van der Waals surface area contributed by atoms with Crippen LogP contribution in [0.1, 0.15) is 39.0 Å². The summed E-state index contributed by atoms with van der Waals surface area (Å²) in [6.07, 6.45) is 4.84. The Morgan fingerprint density at radius 2 is 2.00 bits per heavy atom. The van der Waals surface area contributed by atoms with Gasteiger partial charge in [0, 0.05) is 0 Å². The van der Waals surface area contributed by atoms with Crippen LogP contribution in [0.3, 0.4) is 0 Å². The fraction of sp³-hybridized carbons (Fsp3) is 1.00. The zero-order valence-electron chi connectivity index (χ0n) is 6.07. The molecule has 0 heterocycles. The summed E-state index contributed by atoms with van der Waals surface area (Å²) in [5, 5.41) is 0. The largest absolute Gasteiger partial charge is 0.247 e. The molecule has 0 aliphatic heterocycles. The van der Waals surface area contributed by atoms with E-state index < -0.39 is 6.17 Å². The second kappa shape index (κ2) is 3.19. The maximum atomic E-state index is 12.8. The van der Waals surface area contributed by atoms with Crippen LogP contribution in [0.15, 0.2) is 0 Å². The minimum Gasteiger partial charge on any atom is -0.247 e. The Balaban J connectivity index is 2.30. The van der Waals surface area contributed by atoms with Crippen molar-refractivity contribution in [2.24, 2.45) is 5.92 Å². The molecule has 0 spiro atoms. The third-order valence-corrected chi connectivity index (χ3v) is 2.34. The SMILES string of the molecule is CC[C@H]1CCCC[C@H]1F. The second-order valence-corrected chi connectivity index (χ2v) is 2.97. The van der Waals surface area contributed by atoms with Gasteiger partial charge < -0.3 is 0 Å². The quantitative estimate of drug-likeness (QED) is 0.512. The van der Waals surface area contributed by atoms with Crippen molar-refractivity contribution in [1.29, 1.82) is 0 Å². The minimum atomic E-state index is -0.483. The van der Waals surface area contributed by atoms with Crippen molar-refractivity contribution in [3.05, 3.63) is 0 Å². The first-order valence-electron chi connectivity index (χ1n) is 3.98. The van der Waals surface area contributed by atoms with Gasteiger partial charge in [-0.05, 0) is 18.8 Å². The highest BCUT2D eigenvalue weighted by Gasteiger charge is 2.22. The number of alkyl halides is 1. The summed E-state index contributed by atoms with van der Waals surface area (Å²) in [4.78, 5) is 0. The van der Waals surface area contributed by atoms with Crippen LogP contribution >= 0.6 is 0 Å². The van der Waals surface area contributed by atoms with Crippen molar-refractivity contribution in [2.75, 3.05) is 0 Å². The van der Waals surface area contributed by atoms with Crippen LogP contribution in [0.25, 0.3) is 0 Å². The van der Waals surface area contributed by atoms with Gasteiger partial charge in [0.2, 0.25) is 0 Å². The van der Waals surface area contributed by atoms with Gasteiger partial charge in [-0.2, -0.15) is 0 Å². The molecule has 0 saturated heterocycles. The van der Waals surface area contributed by atoms with Crippen LogP contribution in [-0.4, -0.2) is 6.17 Å². The van der Waals surface area contributed by atoms with Crippen LogP contribution in [0, 0.1) is 5.92 Å². The first-order chi connectivity index (χ1) is 4.34. The van der Waals surface area contributed by atoms with E-state index in [4.69, 9.17) is 0 Å². The molecular weight excluding hydrogens is 115 g/mol. The molecule has 2 atom stereocenters. The monoisotopic (exact) mass is 130 g/mol. The summed E-state index contributed by atoms with van der Waals surface area (Å²) >= 11 is 0. The van der Waals surface area contributed by atoms with E-state index in [9.17, 15) is 4.39 Å². The highest BCUT2D eigenvalue weighted by Crippen LogP contribution is 2.28. The summed E-state index contributed by atoms with van der Waals surface area (Å²) in [6, 6.07) is 0. The van der Waals surface area contributed by atoms with Crippen molar-refractivity contribution < 1.29 is 4.39 Å². The van der Waals surface area contributed by atoms with Gasteiger partial charge in [0.05, 0.1) is 0 Å². The summed E-state index contributed by atoms with van der Waals surface area (Å²) < 4.78 is 12.8. The molecule has 1 saturated carbocycles. The van der Waals surface area contributed by atoms with Gasteiger partial charge in [-0.3, -0.25) is 0 Å². The van der Waals surface area contributed by atoms with E-state index in [2.05, 4.69) is 6.92 Å². The molecule has 0 aromatic carbocycles. The van der Waals surface area contributed by atoms with E-state index in [0.717, 1.165) is 25.7 Å². The maximum absolute atomic E-state index is 12.8. The normalized spacial score (nSPS) is 36.7. The van der Waals surface area contributed by atoms with Crippen molar-refractivity contribution in [2.45, 2.75) is 45.2 Å². The van der Waals surface area contributed by atoms with Gasteiger partial charge in [-0.25, -0.2) is 4.39 Å². The van der Waals surface area contributed by atoms with Gasteiger partial charge in [0.1, 0.15) is 6.17 Å². The highest BCUT2D eigenvalue weighted by molar-refractivity contribution is 4.72. The third-order valence-electron chi connectivity index (χ3n) is 2.34. The lowest BCUT2D eigenvalue weighted by molar-refractivity contribution is 0.162. The minimum absolute atomic E-state index is 0.388. The van der Waals surface area contributed by atoms with Crippen LogP contribution in [0.4, 0.5) is 4.39 Å². The Hall–Kier alpha value is -0.0700. The molecule has 0 unspecified atom stereocenters. The molecule has 0 N–H and O–H groups in total. The van der Waals surface area contributed by atoms with E-state index in [1.807, 2.05) is 0 Å². The smallest absolute Gasteiger partial charge is 0.103 e. The lowest BCUT2D eigenvalue weighted by Crippen LogP contribution is -2.19. The molecule has 1 heteroatoms. The molecule has 0 nitrogen and oxygen atoms in total. The highest BCUT2D eigenvalue weighted by atomic mass is 19.1. The zero-order chi connectivity index (χ0) is 6.69. The summed E-state index contributed by atoms with van der Waals surface area (Å²) in [5.41, 5.74) is 0. The van der Waals surface area contributed by atoms with Crippen LogP contribution < -0.4 is 0 Å². The lowest BCUT2D eigenvalue weighted by Gasteiger charge is -2.23. The zero-order valence-corrected chi connectivity index (χ0v) is 6.07. The van der Waals surface area contributed by atoms with Gasteiger partial charge in [-0.1, -0.05) is 26.2 Å². The van der Waals surface area contributed by atoms with Crippen LogP contribution in [0.2, 0.25) is 0 Å². The molecule has 1 rings (SSSR count). The average Bonchev–Trinajstić information content (AvgIpc) is 1.89. The predicted octanol–water partition coefficient (Wildman–Crippen LogP) is 2.92. The van der Waals surface area contributed by atoms with E-state index in [1.165, 1.54) is 6.42 Å². The number of halogens is 1. The summed E-state index contributed by atoms with van der Waals surface area (Å²) in [6.45, 7) is 2.09. The van der Waals surface area contributed by atoms with Crippen molar-refractivity contribution in [3.63, 3.8) is 0 Å². The van der Waals surface area contributed by atoms with Gasteiger partial charge in [0.15, 0.2) is 0 Å². The Kier molecular flexibility index (Phi) is 2.49. The number of rotatable bonds is 1. The summed E-state index contributed by atoms with van der Waals surface area (Å²) in [5.74, 6) is 0.388. The third kappa shape index (κ3) is 1.67. The molecule has 0 aromatic rings. The summed E-state index contributed by atoms with van der Waals surface area (Å²) in [7, 11) is 0. The molecular formula is C8H15F. The predicted molar refractivity (Wildman–Crippen MR) is 37.1 cm³/mol. The molecule has 0 aromatic heterocycles. The van der Waals surface area contributed by atoms with Crippen molar-refractivity contribution in [3.8, 4) is 0 Å². The Morgan fingerprint density at radius 1 is 1.33 bits per heavy atom. The Morgan fingerprint density at radius 3 is 2.44 bits per heavy atom. The lowest BCUT2D eigenvalue weighted by atomic mass is 9.86. The standard InChI is InChI=1S/C8H15F/c1-2-7-5-3-4-6-8(7)9/h7-8H,2-6H2,1H3/t7-,8+/m0/s1. The molecule has 0 radical (unpaired) electrons. The Bertz CT molecular complexity index is 80.6. The average molecular weight is 130 g/mol. The molecule has 1 fully saturated rings. The van der Waals surface area contributed by atoms with Gasteiger partial charge >= 0.3 is 0 Å². The number of hydrogen-bond acceptors (Lipinski definition) is 0. The maximum Gasteiger partial charge on any atom is 0.103 e. The van der Waals surface area contributed by atoms with E-state index in [1.54, 1.807) is 0 Å². The van der Waals surface area contributed by atoms with Crippen molar-refractivity contribution >= 4 is 0 Å². The number of hydrogen-bond donors (Lipinski definition) is 0. The van der Waals surface area contributed by atoms with Gasteiger partial charge in [-0.15, -0.1) is 0 Å². The second-order valence-electron chi connectivity index (χ2n) is 2.97. The fourth-order valence-corrected chi connectivity index (χ4v) is 1.62. The molecule has 0 bridgehead atoms. The molecule has 1 aliphatic carbocycles. The van der Waals surface area contributed by atoms with E-state index in [0.29, 0.717) is 5.92 Å². The van der Waals surface area contributed by atoms with E-state index in [-0.39, 0.29) is 0 Å². The topological polar surface area (TPSA) is 0 Å². The first kappa shape index (κ1) is 7.04. The molecule has 54 valence electrons. The molecule has 1 aliphatic rings. The Labute approximate surface area is 56.5 Å². The van der Waals surface area contributed by atoms with E-state index >= 15 is 0 Å². The molecule has 9 heavy (non-hydrogen) atoms. The van der Waals surface area contributed by atoms with Crippen molar-refractivity contribution in [1.82, 2.24) is 0 Å². The van der Waals surface area contributed by atoms with Crippen LogP contribution in [0.5, 0.6) is 0 Å². The first-order valence-corrected chi connectivity index (χ1v) is 3.98.